The number of halogens is 2. The molecule has 0 saturated carbocycles. The van der Waals surface area contributed by atoms with Crippen LogP contribution in [-0.4, -0.2) is 42.5 Å². The molecule has 0 aliphatic carbocycles. The molecule has 0 radical (unpaired) electrons. The molecule has 3 amide bonds. The van der Waals surface area contributed by atoms with Crippen LogP contribution in [0, 0.1) is 11.8 Å². The van der Waals surface area contributed by atoms with E-state index in [9.17, 15) is 9.59 Å². The van der Waals surface area contributed by atoms with E-state index < -0.39 is 0 Å². The molecule has 0 bridgehead atoms. The van der Waals surface area contributed by atoms with Gasteiger partial charge in [0.25, 0.3) is 0 Å². The lowest BCUT2D eigenvalue weighted by molar-refractivity contribution is -0.114. The minimum atomic E-state index is -0.242. The van der Waals surface area contributed by atoms with Gasteiger partial charge in [0.2, 0.25) is 5.91 Å². The molecule has 3 rings (SSSR count). The van der Waals surface area contributed by atoms with Crippen molar-refractivity contribution in [1.29, 1.82) is 0 Å². The summed E-state index contributed by atoms with van der Waals surface area (Å²) in [6.07, 6.45) is 3.25. The summed E-state index contributed by atoms with van der Waals surface area (Å²) in [4.78, 5) is 26.4. The lowest BCUT2D eigenvalue weighted by atomic mass is 9.89. The summed E-state index contributed by atoms with van der Waals surface area (Å²) in [5.41, 5.74) is 2.51. The molecule has 2 aromatic carbocycles. The van der Waals surface area contributed by atoms with Crippen LogP contribution in [0.1, 0.15) is 39.2 Å². The normalized spacial score (nSPS) is 15.7. The number of carbonyl (C=O) groups excluding carboxylic acids is 2. The molecule has 1 aliphatic rings. The molecule has 1 atom stereocenters. The zero-order valence-electron chi connectivity index (χ0n) is 20.0. The SMILES string of the molecule is CC(=O)Nc1cccc(NC(=O)NC(CN2CCC(Cc3ccc(Cl)c(Cl)c3)CC2)C(C)C)c1. The van der Waals surface area contributed by atoms with E-state index in [1.165, 1.54) is 12.5 Å². The van der Waals surface area contributed by atoms with Crippen molar-refractivity contribution in [2.45, 2.75) is 46.1 Å². The molecule has 1 heterocycles. The number of nitrogens with zero attached hydrogens (tertiary/aromatic N) is 1. The van der Waals surface area contributed by atoms with E-state index in [1.54, 1.807) is 24.3 Å². The highest BCUT2D eigenvalue weighted by atomic mass is 35.5. The Labute approximate surface area is 212 Å². The Morgan fingerprint density at radius 1 is 1.00 bits per heavy atom. The largest absolute Gasteiger partial charge is 0.334 e. The monoisotopic (exact) mass is 504 g/mol. The van der Waals surface area contributed by atoms with Gasteiger partial charge in [-0.1, -0.05) is 49.2 Å². The van der Waals surface area contributed by atoms with Crippen molar-refractivity contribution < 1.29 is 9.59 Å². The molecular weight excluding hydrogens is 471 g/mol. The Bertz CT molecular complexity index is 991. The second kappa shape index (κ2) is 12.4. The number of carbonyl (C=O) groups is 2. The first-order valence-corrected chi connectivity index (χ1v) is 12.6. The maximum absolute atomic E-state index is 12.7. The van der Waals surface area contributed by atoms with Gasteiger partial charge in [0.05, 0.1) is 10.0 Å². The molecular formula is C26H34Cl2N4O2. The minimum Gasteiger partial charge on any atom is -0.334 e. The number of rotatable bonds is 8. The third-order valence-corrected chi connectivity index (χ3v) is 6.97. The highest BCUT2D eigenvalue weighted by Gasteiger charge is 2.24. The third kappa shape index (κ3) is 8.19. The highest BCUT2D eigenvalue weighted by molar-refractivity contribution is 6.42. The molecule has 184 valence electrons. The van der Waals surface area contributed by atoms with Crippen LogP contribution in [0.5, 0.6) is 0 Å². The zero-order chi connectivity index (χ0) is 24.7. The molecule has 6 nitrogen and oxygen atoms in total. The quantitative estimate of drug-likeness (QED) is 0.409. The van der Waals surface area contributed by atoms with E-state index in [1.807, 2.05) is 12.1 Å². The van der Waals surface area contributed by atoms with Crippen molar-refractivity contribution >= 4 is 46.5 Å². The second-order valence-corrected chi connectivity index (χ2v) is 10.2. The number of benzene rings is 2. The molecule has 3 N–H and O–H groups in total. The van der Waals surface area contributed by atoms with Crippen LogP contribution < -0.4 is 16.0 Å². The van der Waals surface area contributed by atoms with Gasteiger partial charge in [0, 0.05) is 30.9 Å². The van der Waals surface area contributed by atoms with Crippen molar-refractivity contribution in [1.82, 2.24) is 10.2 Å². The number of nitrogens with one attached hydrogen (secondary N) is 3. The van der Waals surface area contributed by atoms with Crippen molar-refractivity contribution in [3.8, 4) is 0 Å². The molecule has 0 aromatic heterocycles. The first-order valence-electron chi connectivity index (χ1n) is 11.8. The van der Waals surface area contributed by atoms with Crippen molar-refractivity contribution in [2.75, 3.05) is 30.3 Å². The number of hydrogen-bond acceptors (Lipinski definition) is 3. The summed E-state index contributed by atoms with van der Waals surface area (Å²) in [6.45, 7) is 8.54. The molecule has 2 aromatic rings. The van der Waals surface area contributed by atoms with Gasteiger partial charge in [-0.25, -0.2) is 4.79 Å². The number of likely N-dealkylation sites (tertiary alicyclic amines) is 1. The Kier molecular flexibility index (Phi) is 9.63. The number of hydrogen-bond donors (Lipinski definition) is 3. The number of piperidine rings is 1. The summed E-state index contributed by atoms with van der Waals surface area (Å²) in [5.74, 6) is 0.769. The average Bonchev–Trinajstić information content (AvgIpc) is 2.77. The van der Waals surface area contributed by atoms with Crippen LogP contribution in [-0.2, 0) is 11.2 Å². The van der Waals surface area contributed by atoms with E-state index in [0.29, 0.717) is 33.3 Å². The van der Waals surface area contributed by atoms with Gasteiger partial charge in [-0.3, -0.25) is 4.79 Å². The Morgan fingerprint density at radius 2 is 1.68 bits per heavy atom. The smallest absolute Gasteiger partial charge is 0.319 e. The van der Waals surface area contributed by atoms with E-state index in [-0.39, 0.29) is 18.0 Å². The van der Waals surface area contributed by atoms with Gasteiger partial charge >= 0.3 is 6.03 Å². The zero-order valence-corrected chi connectivity index (χ0v) is 21.5. The van der Waals surface area contributed by atoms with Crippen LogP contribution >= 0.6 is 23.2 Å². The summed E-state index contributed by atoms with van der Waals surface area (Å²) in [6, 6.07) is 12.8. The lowest BCUT2D eigenvalue weighted by Gasteiger charge is -2.35. The highest BCUT2D eigenvalue weighted by Crippen LogP contribution is 2.27. The van der Waals surface area contributed by atoms with Gasteiger partial charge in [0.15, 0.2) is 0 Å². The van der Waals surface area contributed by atoms with Gasteiger partial charge in [-0.15, -0.1) is 0 Å². The lowest BCUT2D eigenvalue weighted by Crippen LogP contribution is -2.49. The Balaban J connectivity index is 1.48. The molecule has 1 unspecified atom stereocenters. The van der Waals surface area contributed by atoms with E-state index in [0.717, 1.165) is 38.9 Å². The summed E-state index contributed by atoms with van der Waals surface area (Å²) in [5, 5.41) is 9.94. The maximum atomic E-state index is 12.7. The third-order valence-electron chi connectivity index (χ3n) is 6.23. The molecule has 1 aliphatic heterocycles. The second-order valence-electron chi connectivity index (χ2n) is 9.41. The molecule has 8 heteroatoms. The summed E-state index contributed by atoms with van der Waals surface area (Å²) in [7, 11) is 0. The van der Waals surface area contributed by atoms with Crippen LogP contribution in [0.3, 0.4) is 0 Å². The van der Waals surface area contributed by atoms with E-state index in [4.69, 9.17) is 23.2 Å². The molecule has 1 fully saturated rings. The fourth-order valence-electron chi connectivity index (χ4n) is 4.29. The topological polar surface area (TPSA) is 73.5 Å². The van der Waals surface area contributed by atoms with Crippen LogP contribution in [0.4, 0.5) is 16.2 Å². The van der Waals surface area contributed by atoms with Crippen molar-refractivity contribution in [2.24, 2.45) is 11.8 Å². The average molecular weight is 505 g/mol. The van der Waals surface area contributed by atoms with Gasteiger partial charge in [-0.2, -0.15) is 0 Å². The van der Waals surface area contributed by atoms with Crippen molar-refractivity contribution in [3.05, 3.63) is 58.1 Å². The fraction of sp³-hybridized carbons (Fsp3) is 0.462. The molecule has 1 saturated heterocycles. The fourth-order valence-corrected chi connectivity index (χ4v) is 4.61. The van der Waals surface area contributed by atoms with E-state index >= 15 is 0 Å². The van der Waals surface area contributed by atoms with Crippen LogP contribution in [0.25, 0.3) is 0 Å². The van der Waals surface area contributed by atoms with Gasteiger partial charge in [0.1, 0.15) is 0 Å². The Morgan fingerprint density at radius 3 is 2.29 bits per heavy atom. The summed E-state index contributed by atoms with van der Waals surface area (Å²) >= 11 is 12.2. The number of amides is 3. The molecule has 34 heavy (non-hydrogen) atoms. The van der Waals surface area contributed by atoms with Crippen LogP contribution in [0.2, 0.25) is 10.0 Å². The van der Waals surface area contributed by atoms with E-state index in [2.05, 4.69) is 40.8 Å². The predicted molar refractivity (Wildman–Crippen MR) is 141 cm³/mol. The van der Waals surface area contributed by atoms with Gasteiger partial charge < -0.3 is 20.9 Å². The predicted octanol–water partition coefficient (Wildman–Crippen LogP) is 6.05. The van der Waals surface area contributed by atoms with Crippen LogP contribution in [0.15, 0.2) is 42.5 Å². The minimum absolute atomic E-state index is 0.0325. The Hall–Kier alpha value is -2.28. The van der Waals surface area contributed by atoms with Crippen molar-refractivity contribution in [3.63, 3.8) is 0 Å². The molecule has 0 spiro atoms. The first-order chi connectivity index (χ1) is 16.2. The standard InChI is InChI=1S/C26H34Cl2N4O2/c1-17(2)25(31-26(34)30-22-6-4-5-21(15-22)29-18(3)33)16-32-11-9-19(10-12-32)13-20-7-8-23(27)24(28)14-20/h4-8,14-15,17,19,25H,9-13,16H2,1-3H3,(H,29,33)(H2,30,31,34). The number of anilines is 2. The number of urea groups is 1. The summed E-state index contributed by atoms with van der Waals surface area (Å²) < 4.78 is 0. The van der Waals surface area contributed by atoms with Gasteiger partial charge in [-0.05, 0) is 80.1 Å². The maximum Gasteiger partial charge on any atom is 0.319 e. The first kappa shape index (κ1) is 26.3.